The minimum atomic E-state index is -4.78. The third kappa shape index (κ3) is 4.19. The Balaban J connectivity index is 1.59. The van der Waals surface area contributed by atoms with E-state index in [4.69, 9.17) is 0 Å². The van der Waals surface area contributed by atoms with Crippen LogP contribution in [0.5, 0.6) is 5.75 Å². The van der Waals surface area contributed by atoms with Gasteiger partial charge in [-0.25, -0.2) is 4.39 Å². The largest absolute Gasteiger partial charge is 0.573 e. The highest BCUT2D eigenvalue weighted by Crippen LogP contribution is 2.34. The molecular formula is C21H15F4N3O2. The van der Waals surface area contributed by atoms with Gasteiger partial charge in [0.05, 0.1) is 11.3 Å². The number of carbonyl (C=O) groups excluding carboxylic acids is 1. The van der Waals surface area contributed by atoms with Crippen LogP contribution in [0.3, 0.4) is 0 Å². The van der Waals surface area contributed by atoms with Crippen LogP contribution >= 0.6 is 0 Å². The Kier molecular flexibility index (Phi) is 5.03. The maximum Gasteiger partial charge on any atom is 0.573 e. The van der Waals surface area contributed by atoms with E-state index in [9.17, 15) is 22.4 Å². The lowest BCUT2D eigenvalue weighted by molar-refractivity contribution is -0.274. The van der Waals surface area contributed by atoms with Crippen molar-refractivity contribution in [3.8, 4) is 5.75 Å². The van der Waals surface area contributed by atoms with E-state index in [0.29, 0.717) is 16.9 Å². The third-order valence-electron chi connectivity index (χ3n) is 4.56. The number of benzene rings is 2. The van der Waals surface area contributed by atoms with Gasteiger partial charge in [0.25, 0.3) is 5.91 Å². The summed E-state index contributed by atoms with van der Waals surface area (Å²) in [6.07, 6.45) is -3.86. The summed E-state index contributed by atoms with van der Waals surface area (Å²) in [5.74, 6) is -0.985. The lowest BCUT2D eigenvalue weighted by Crippen LogP contribution is -2.32. The summed E-state index contributed by atoms with van der Waals surface area (Å²) in [4.78, 5) is 18.7. The van der Waals surface area contributed by atoms with Crippen LogP contribution in [0.25, 0.3) is 0 Å². The number of nitrogens with one attached hydrogen (secondary N) is 1. The van der Waals surface area contributed by atoms with E-state index in [1.165, 1.54) is 41.3 Å². The number of hydrogen-bond donors (Lipinski definition) is 1. The highest BCUT2D eigenvalue weighted by atomic mass is 19.4. The molecule has 0 spiro atoms. The second-order valence-electron chi connectivity index (χ2n) is 6.61. The SMILES string of the molecule is O=C1c2cccnc2[C@H](Nc2ccc(OC(F)(F)F)cc2)N1Cc1ccc(F)cc1. The quantitative estimate of drug-likeness (QED) is 0.601. The Morgan fingerprint density at radius 3 is 2.40 bits per heavy atom. The van der Waals surface area contributed by atoms with Crippen LogP contribution in [0.1, 0.15) is 27.8 Å². The molecule has 2 aromatic carbocycles. The van der Waals surface area contributed by atoms with Gasteiger partial charge in [-0.1, -0.05) is 12.1 Å². The second kappa shape index (κ2) is 7.66. The summed E-state index contributed by atoms with van der Waals surface area (Å²) in [6, 6.07) is 14.3. The molecule has 0 aliphatic carbocycles. The Morgan fingerprint density at radius 2 is 1.73 bits per heavy atom. The number of anilines is 1. The summed E-state index contributed by atoms with van der Waals surface area (Å²) >= 11 is 0. The summed E-state index contributed by atoms with van der Waals surface area (Å²) < 4.78 is 54.1. The summed E-state index contributed by atoms with van der Waals surface area (Å²) in [5.41, 5.74) is 2.12. The number of pyridine rings is 1. The zero-order valence-corrected chi connectivity index (χ0v) is 15.4. The first kappa shape index (κ1) is 19.7. The van der Waals surface area contributed by atoms with Gasteiger partial charge in [0.1, 0.15) is 17.7 Å². The molecule has 1 aliphatic rings. The molecule has 5 nitrogen and oxygen atoms in total. The third-order valence-corrected chi connectivity index (χ3v) is 4.56. The molecule has 4 rings (SSSR count). The van der Waals surface area contributed by atoms with Gasteiger partial charge in [-0.2, -0.15) is 0 Å². The number of fused-ring (bicyclic) bond motifs is 1. The molecule has 2 heterocycles. The second-order valence-corrected chi connectivity index (χ2v) is 6.61. The minimum Gasteiger partial charge on any atom is -0.406 e. The number of rotatable bonds is 5. The summed E-state index contributed by atoms with van der Waals surface area (Å²) in [6.45, 7) is 0.197. The van der Waals surface area contributed by atoms with Crippen molar-refractivity contribution >= 4 is 11.6 Å². The zero-order valence-electron chi connectivity index (χ0n) is 15.4. The molecule has 3 aromatic rings. The van der Waals surface area contributed by atoms with Crippen molar-refractivity contribution in [2.24, 2.45) is 0 Å². The van der Waals surface area contributed by atoms with Gasteiger partial charge in [0.2, 0.25) is 0 Å². The van der Waals surface area contributed by atoms with Crippen molar-refractivity contribution in [1.82, 2.24) is 9.88 Å². The first-order valence-electron chi connectivity index (χ1n) is 8.93. The highest BCUT2D eigenvalue weighted by molar-refractivity contribution is 5.98. The molecule has 1 amide bonds. The van der Waals surface area contributed by atoms with Crippen molar-refractivity contribution < 1.29 is 27.1 Å². The van der Waals surface area contributed by atoms with Crippen molar-refractivity contribution in [3.05, 3.63) is 89.5 Å². The van der Waals surface area contributed by atoms with E-state index in [0.717, 1.165) is 5.56 Å². The van der Waals surface area contributed by atoms with Crippen molar-refractivity contribution in [2.75, 3.05) is 5.32 Å². The Morgan fingerprint density at radius 1 is 1.03 bits per heavy atom. The van der Waals surface area contributed by atoms with Gasteiger partial charge in [-0.15, -0.1) is 13.2 Å². The monoisotopic (exact) mass is 417 g/mol. The topological polar surface area (TPSA) is 54.5 Å². The molecule has 1 atom stereocenters. The average molecular weight is 417 g/mol. The number of ether oxygens (including phenoxy) is 1. The van der Waals surface area contributed by atoms with E-state index in [1.807, 2.05) is 0 Å². The normalized spacial score (nSPS) is 15.8. The van der Waals surface area contributed by atoms with Gasteiger partial charge >= 0.3 is 6.36 Å². The molecule has 0 saturated carbocycles. The first-order valence-corrected chi connectivity index (χ1v) is 8.93. The predicted molar refractivity (Wildman–Crippen MR) is 100.0 cm³/mol. The molecule has 0 radical (unpaired) electrons. The molecule has 1 aromatic heterocycles. The predicted octanol–water partition coefficient (Wildman–Crippen LogP) is 4.89. The van der Waals surface area contributed by atoms with Crippen molar-refractivity contribution in [2.45, 2.75) is 19.1 Å². The van der Waals surface area contributed by atoms with Crippen molar-refractivity contribution in [1.29, 1.82) is 0 Å². The fraction of sp³-hybridized carbons (Fsp3) is 0.143. The van der Waals surface area contributed by atoms with Crippen LogP contribution in [-0.2, 0) is 6.54 Å². The minimum absolute atomic E-state index is 0.197. The number of carbonyl (C=O) groups is 1. The van der Waals surface area contributed by atoms with Crippen LogP contribution in [0.15, 0.2) is 66.9 Å². The lowest BCUT2D eigenvalue weighted by atomic mass is 10.2. The summed E-state index contributed by atoms with van der Waals surface area (Å²) in [7, 11) is 0. The van der Waals surface area contributed by atoms with Gasteiger partial charge in [0.15, 0.2) is 0 Å². The number of hydrogen-bond acceptors (Lipinski definition) is 4. The van der Waals surface area contributed by atoms with E-state index < -0.39 is 12.5 Å². The first-order chi connectivity index (χ1) is 14.3. The number of nitrogens with zero attached hydrogens (tertiary/aromatic N) is 2. The molecule has 0 unspecified atom stereocenters. The number of aromatic nitrogens is 1. The van der Waals surface area contributed by atoms with Crippen LogP contribution in [0.4, 0.5) is 23.2 Å². The molecule has 30 heavy (non-hydrogen) atoms. The van der Waals surface area contributed by atoms with Gasteiger partial charge in [0, 0.05) is 18.4 Å². The molecule has 0 saturated heterocycles. The molecule has 1 aliphatic heterocycles. The lowest BCUT2D eigenvalue weighted by Gasteiger charge is -2.26. The van der Waals surface area contributed by atoms with Crippen LogP contribution < -0.4 is 10.1 Å². The number of alkyl halides is 3. The standard InChI is InChI=1S/C21H15F4N3O2/c22-14-5-3-13(4-6-14)12-28-19(18-17(20(28)29)2-1-11-26-18)27-15-7-9-16(10-8-15)30-21(23,24)25/h1-11,19,27H,12H2/t19-/m1/s1. The number of amides is 1. The van der Waals surface area contributed by atoms with Gasteiger partial charge < -0.3 is 15.0 Å². The van der Waals surface area contributed by atoms with E-state index >= 15 is 0 Å². The van der Waals surface area contributed by atoms with Crippen LogP contribution in [-0.4, -0.2) is 22.2 Å². The van der Waals surface area contributed by atoms with E-state index in [1.54, 1.807) is 30.5 Å². The van der Waals surface area contributed by atoms with Gasteiger partial charge in [-0.3, -0.25) is 9.78 Å². The number of halogens is 4. The maximum atomic E-state index is 13.2. The molecule has 9 heteroatoms. The van der Waals surface area contributed by atoms with Gasteiger partial charge in [-0.05, 0) is 54.1 Å². The highest BCUT2D eigenvalue weighted by Gasteiger charge is 2.38. The molecule has 0 bridgehead atoms. The average Bonchev–Trinajstić information content (AvgIpc) is 2.96. The van der Waals surface area contributed by atoms with E-state index in [2.05, 4.69) is 15.0 Å². The van der Waals surface area contributed by atoms with E-state index in [-0.39, 0.29) is 24.0 Å². The fourth-order valence-electron chi connectivity index (χ4n) is 3.24. The zero-order chi connectivity index (χ0) is 21.3. The Hall–Kier alpha value is -3.62. The smallest absolute Gasteiger partial charge is 0.406 e. The Labute approximate surface area is 168 Å². The molecular weight excluding hydrogens is 402 g/mol. The molecule has 154 valence electrons. The molecule has 0 fully saturated rings. The Bertz CT molecular complexity index is 1050. The van der Waals surface area contributed by atoms with Crippen LogP contribution in [0, 0.1) is 5.82 Å². The maximum absolute atomic E-state index is 13.2. The fourth-order valence-corrected chi connectivity index (χ4v) is 3.24. The molecule has 1 N–H and O–H groups in total. The summed E-state index contributed by atoms with van der Waals surface area (Å²) in [5, 5.41) is 3.13. The van der Waals surface area contributed by atoms with Crippen molar-refractivity contribution in [3.63, 3.8) is 0 Å². The van der Waals surface area contributed by atoms with Crippen LogP contribution in [0.2, 0.25) is 0 Å².